The lowest BCUT2D eigenvalue weighted by Crippen LogP contribution is -2.71. The smallest absolute Gasteiger partial charge is 0.325 e. The molecule has 3 N–H and O–H groups in total. The molecule has 8 nitrogen and oxygen atoms in total. The molecule has 1 aliphatic carbocycles. The second kappa shape index (κ2) is 11.5. The van der Waals surface area contributed by atoms with Crippen molar-refractivity contribution in [3.63, 3.8) is 0 Å². The van der Waals surface area contributed by atoms with Gasteiger partial charge in [-0.1, -0.05) is 44.4 Å². The zero-order valence-corrected chi connectivity index (χ0v) is 21.2. The number of hydrogen-bond acceptors (Lipinski definition) is 5. The van der Waals surface area contributed by atoms with Crippen LogP contribution in [0.25, 0.3) is 0 Å². The summed E-state index contributed by atoms with van der Waals surface area (Å²) in [4.78, 5) is 47.5. The van der Waals surface area contributed by atoms with E-state index in [-0.39, 0.29) is 17.9 Å². The van der Waals surface area contributed by atoms with Crippen molar-refractivity contribution in [2.45, 2.75) is 70.9 Å². The third-order valence-corrected chi connectivity index (χ3v) is 7.60. The number of nitrogens with two attached hydrogens (primary N) is 1. The molecule has 0 bridgehead atoms. The maximum Gasteiger partial charge on any atom is 0.325 e. The maximum absolute atomic E-state index is 13.9. The van der Waals surface area contributed by atoms with Crippen molar-refractivity contribution in [2.24, 2.45) is 11.8 Å². The molecule has 1 unspecified atom stereocenters. The second-order valence-electron chi connectivity index (χ2n) is 9.83. The Labute approximate surface area is 213 Å². The van der Waals surface area contributed by atoms with Gasteiger partial charge in [0.25, 0.3) is 5.91 Å². The fourth-order valence-electron chi connectivity index (χ4n) is 5.68. The molecule has 0 radical (unpaired) electrons. The fourth-order valence-corrected chi connectivity index (χ4v) is 5.68. The zero-order valence-electron chi connectivity index (χ0n) is 21.2. The molecule has 1 aliphatic heterocycles. The van der Waals surface area contributed by atoms with Crippen LogP contribution in [0.2, 0.25) is 0 Å². The van der Waals surface area contributed by atoms with Crippen molar-refractivity contribution in [1.82, 2.24) is 15.2 Å². The largest absolute Gasteiger partial charge is 0.384 e. The Kier molecular flexibility index (Phi) is 8.23. The number of hydrogen-bond donors (Lipinski definition) is 2. The van der Waals surface area contributed by atoms with Crippen molar-refractivity contribution in [3.05, 3.63) is 54.2 Å². The standard InChI is InChI=1S/C28H37N5O3/c1-3-23(20-11-7-5-8-12-20)31-28(36)33-25(27(35)32(4-2)21-13-9-6-10-14-21)22(26(33)34)17-19-15-16-30-24(29)18-19/h6,9-10,13-16,18,20,22-23,25H,3-5,7-8,11-12,17H2,1-2H3,(H2,29,30)(H,31,36)/t22-,23?,25+/m1/s1. The minimum Gasteiger partial charge on any atom is -0.384 e. The van der Waals surface area contributed by atoms with Crippen molar-refractivity contribution >= 4 is 29.4 Å². The molecule has 1 aromatic heterocycles. The first-order chi connectivity index (χ1) is 17.4. The van der Waals surface area contributed by atoms with Gasteiger partial charge < -0.3 is 16.0 Å². The van der Waals surface area contributed by atoms with Crippen molar-refractivity contribution in [2.75, 3.05) is 17.2 Å². The summed E-state index contributed by atoms with van der Waals surface area (Å²) in [5.74, 6) is -0.461. The minimum atomic E-state index is -0.879. The molecule has 3 atom stereocenters. The third kappa shape index (κ3) is 5.37. The van der Waals surface area contributed by atoms with E-state index < -0.39 is 18.0 Å². The Morgan fingerprint density at radius 3 is 2.50 bits per heavy atom. The summed E-state index contributed by atoms with van der Waals surface area (Å²) in [5.41, 5.74) is 7.40. The van der Waals surface area contributed by atoms with Gasteiger partial charge in [0.05, 0.1) is 5.92 Å². The van der Waals surface area contributed by atoms with E-state index in [0.717, 1.165) is 35.4 Å². The molecular formula is C28H37N5O3. The van der Waals surface area contributed by atoms with Gasteiger partial charge in [0.2, 0.25) is 5.91 Å². The topological polar surface area (TPSA) is 109 Å². The summed E-state index contributed by atoms with van der Waals surface area (Å²) in [6.45, 7) is 4.38. The van der Waals surface area contributed by atoms with Crippen LogP contribution >= 0.6 is 0 Å². The fraction of sp³-hybridized carbons (Fsp3) is 0.500. The van der Waals surface area contributed by atoms with E-state index in [1.165, 1.54) is 19.3 Å². The lowest BCUT2D eigenvalue weighted by molar-refractivity contribution is -0.156. The van der Waals surface area contributed by atoms with Crippen LogP contribution < -0.4 is 16.0 Å². The highest BCUT2D eigenvalue weighted by Gasteiger charge is 2.55. The van der Waals surface area contributed by atoms with Crippen LogP contribution in [0.1, 0.15) is 57.9 Å². The number of likely N-dealkylation sites (N-methyl/N-ethyl adjacent to an activating group) is 1. The maximum atomic E-state index is 13.9. The van der Waals surface area contributed by atoms with E-state index in [1.807, 2.05) is 37.3 Å². The number of nitrogen functional groups attached to an aromatic ring is 1. The van der Waals surface area contributed by atoms with Crippen LogP contribution in [0.5, 0.6) is 0 Å². The normalized spacial score (nSPS) is 20.9. The number of para-hydroxylation sites is 1. The van der Waals surface area contributed by atoms with Gasteiger partial charge in [-0.3, -0.25) is 14.5 Å². The predicted octanol–water partition coefficient (Wildman–Crippen LogP) is 4.15. The highest BCUT2D eigenvalue weighted by molar-refractivity contribution is 6.12. The molecule has 2 aliphatic rings. The number of β-lactam (4-membered cyclic amide) rings is 1. The average molecular weight is 492 g/mol. The second-order valence-corrected chi connectivity index (χ2v) is 9.83. The number of nitrogens with one attached hydrogen (secondary N) is 1. The average Bonchev–Trinajstić information content (AvgIpc) is 2.90. The van der Waals surface area contributed by atoms with E-state index >= 15 is 0 Å². The molecule has 2 fully saturated rings. The van der Waals surface area contributed by atoms with E-state index in [4.69, 9.17) is 5.73 Å². The van der Waals surface area contributed by atoms with Crippen LogP contribution in [0.4, 0.5) is 16.3 Å². The molecule has 1 saturated heterocycles. The van der Waals surface area contributed by atoms with Crippen LogP contribution in [0, 0.1) is 11.8 Å². The van der Waals surface area contributed by atoms with E-state index in [9.17, 15) is 14.4 Å². The Balaban J connectivity index is 1.58. The highest BCUT2D eigenvalue weighted by atomic mass is 16.2. The number of amides is 4. The van der Waals surface area contributed by atoms with Gasteiger partial charge in [0, 0.05) is 24.5 Å². The van der Waals surface area contributed by atoms with E-state index in [1.54, 1.807) is 23.2 Å². The molecule has 192 valence electrons. The number of rotatable bonds is 8. The lowest BCUT2D eigenvalue weighted by Gasteiger charge is -2.46. The third-order valence-electron chi connectivity index (χ3n) is 7.60. The SMILES string of the molecule is CCC(NC(=O)N1C(=O)[C@H](Cc2ccnc(N)c2)[C@H]1C(=O)N(CC)c1ccccc1)C1CCCCC1. The lowest BCUT2D eigenvalue weighted by atomic mass is 9.81. The molecule has 0 spiro atoms. The van der Waals surface area contributed by atoms with Crippen LogP contribution in [0.3, 0.4) is 0 Å². The van der Waals surface area contributed by atoms with Gasteiger partial charge in [-0.25, -0.2) is 9.78 Å². The molecule has 8 heteroatoms. The van der Waals surface area contributed by atoms with Gasteiger partial charge >= 0.3 is 6.03 Å². The number of aromatic nitrogens is 1. The van der Waals surface area contributed by atoms with Crippen LogP contribution in [-0.4, -0.2) is 46.4 Å². The van der Waals surface area contributed by atoms with Crippen molar-refractivity contribution in [3.8, 4) is 0 Å². The zero-order chi connectivity index (χ0) is 25.7. The molecule has 2 heterocycles. The van der Waals surface area contributed by atoms with Crippen LogP contribution in [0.15, 0.2) is 48.7 Å². The molecule has 36 heavy (non-hydrogen) atoms. The number of pyridine rings is 1. The Morgan fingerprint density at radius 1 is 1.14 bits per heavy atom. The summed E-state index contributed by atoms with van der Waals surface area (Å²) in [7, 11) is 0. The summed E-state index contributed by atoms with van der Waals surface area (Å²) in [6, 6.07) is 11.5. The molecule has 4 amide bonds. The molecule has 1 aromatic carbocycles. The van der Waals surface area contributed by atoms with Crippen molar-refractivity contribution < 1.29 is 14.4 Å². The van der Waals surface area contributed by atoms with Gasteiger partial charge in [-0.15, -0.1) is 0 Å². The molecular weight excluding hydrogens is 454 g/mol. The Bertz CT molecular complexity index is 1070. The molecule has 1 saturated carbocycles. The number of carbonyl (C=O) groups excluding carboxylic acids is 3. The Morgan fingerprint density at radius 2 is 1.86 bits per heavy atom. The Hall–Kier alpha value is -3.42. The van der Waals surface area contributed by atoms with Gasteiger partial charge in [-0.2, -0.15) is 0 Å². The summed E-state index contributed by atoms with van der Waals surface area (Å²) in [5, 5.41) is 3.11. The van der Waals surface area contributed by atoms with Gasteiger partial charge in [0.1, 0.15) is 11.9 Å². The first kappa shape index (κ1) is 25.7. The predicted molar refractivity (Wildman–Crippen MR) is 140 cm³/mol. The van der Waals surface area contributed by atoms with E-state index in [2.05, 4.69) is 17.2 Å². The number of imide groups is 1. The van der Waals surface area contributed by atoms with Crippen LogP contribution in [-0.2, 0) is 16.0 Å². The van der Waals surface area contributed by atoms with Gasteiger partial charge in [-0.05, 0) is 68.4 Å². The summed E-state index contributed by atoms with van der Waals surface area (Å²) in [6.07, 6.45) is 8.43. The summed E-state index contributed by atoms with van der Waals surface area (Å²) >= 11 is 0. The monoisotopic (exact) mass is 491 g/mol. The number of nitrogens with zero attached hydrogens (tertiary/aromatic N) is 3. The number of carbonyl (C=O) groups is 3. The van der Waals surface area contributed by atoms with Gasteiger partial charge in [0.15, 0.2) is 0 Å². The van der Waals surface area contributed by atoms with E-state index in [0.29, 0.717) is 24.7 Å². The first-order valence-corrected chi connectivity index (χ1v) is 13.1. The summed E-state index contributed by atoms with van der Waals surface area (Å²) < 4.78 is 0. The number of benzene rings is 1. The minimum absolute atomic E-state index is 0.00296. The molecule has 2 aromatic rings. The quantitative estimate of drug-likeness (QED) is 0.539. The first-order valence-electron chi connectivity index (χ1n) is 13.1. The number of anilines is 2. The van der Waals surface area contributed by atoms with Crippen molar-refractivity contribution in [1.29, 1.82) is 0 Å². The highest BCUT2D eigenvalue weighted by Crippen LogP contribution is 2.34. The number of likely N-dealkylation sites (tertiary alicyclic amines) is 1. The molecule has 4 rings (SSSR count). The number of urea groups is 1.